The van der Waals surface area contributed by atoms with E-state index in [0.29, 0.717) is 18.8 Å². The fourth-order valence-corrected chi connectivity index (χ4v) is 3.81. The molecule has 0 unspecified atom stereocenters. The predicted molar refractivity (Wildman–Crippen MR) is 81.5 cm³/mol. The predicted octanol–water partition coefficient (Wildman–Crippen LogP) is 2.36. The molecule has 0 spiro atoms. The highest BCUT2D eigenvalue weighted by molar-refractivity contribution is 7.89. The van der Waals surface area contributed by atoms with Crippen molar-refractivity contribution in [2.24, 2.45) is 0 Å². The summed E-state index contributed by atoms with van der Waals surface area (Å²) in [6.45, 7) is 4.85. The van der Waals surface area contributed by atoms with Gasteiger partial charge in [0.05, 0.1) is 5.69 Å². The molecular weight excluding hydrogens is 294 g/mol. The summed E-state index contributed by atoms with van der Waals surface area (Å²) in [5, 5.41) is 3.03. The van der Waals surface area contributed by atoms with E-state index in [2.05, 4.69) is 15.0 Å². The van der Waals surface area contributed by atoms with Crippen molar-refractivity contribution in [2.75, 3.05) is 11.9 Å². The molecule has 5 nitrogen and oxygen atoms in total. The summed E-state index contributed by atoms with van der Waals surface area (Å²) in [5.41, 5.74) is 0.567. The number of hydrogen-bond donors (Lipinski definition) is 2. The molecule has 2 aromatic rings. The van der Waals surface area contributed by atoms with Crippen LogP contribution < -0.4 is 10.0 Å². The number of nitrogens with one attached hydrogen (secondary N) is 2. The fourth-order valence-electron chi connectivity index (χ4n) is 1.75. The third-order valence-electron chi connectivity index (χ3n) is 2.67. The molecule has 2 N–H and O–H groups in total. The number of aromatic nitrogens is 1. The van der Waals surface area contributed by atoms with Gasteiger partial charge in [-0.1, -0.05) is 0 Å². The molecule has 0 saturated carbocycles. The molecule has 0 atom stereocenters. The van der Waals surface area contributed by atoms with E-state index >= 15 is 0 Å². The maximum absolute atomic E-state index is 12.3. The lowest BCUT2D eigenvalue weighted by atomic mass is 10.4. The summed E-state index contributed by atoms with van der Waals surface area (Å²) in [6, 6.07) is 5.56. The largest absolute Gasteiger partial charge is 0.384 e. The monoisotopic (exact) mass is 311 g/mol. The standard InChI is InChI=1S/C13H17N3O2S2/c1-3-15-12-6-7-14-9-13(12)20(17,18)16-8-11-5-4-10(2)19-11/h4-7,9,16H,3,8H2,1-2H3,(H,14,15). The summed E-state index contributed by atoms with van der Waals surface area (Å²) in [6.07, 6.45) is 2.93. The summed E-state index contributed by atoms with van der Waals surface area (Å²) in [5.74, 6) is 0. The molecule has 0 amide bonds. The van der Waals surface area contributed by atoms with Gasteiger partial charge in [0.15, 0.2) is 0 Å². The number of rotatable bonds is 6. The summed E-state index contributed by atoms with van der Waals surface area (Å²) in [7, 11) is -3.57. The summed E-state index contributed by atoms with van der Waals surface area (Å²) in [4.78, 5) is 6.22. The first-order chi connectivity index (χ1) is 9.53. The first kappa shape index (κ1) is 15.0. The van der Waals surface area contributed by atoms with Gasteiger partial charge in [0.1, 0.15) is 4.90 Å². The van der Waals surface area contributed by atoms with Gasteiger partial charge in [-0.05, 0) is 32.0 Å². The van der Waals surface area contributed by atoms with Crippen LogP contribution >= 0.6 is 11.3 Å². The van der Waals surface area contributed by atoms with Crippen molar-refractivity contribution in [3.8, 4) is 0 Å². The van der Waals surface area contributed by atoms with E-state index in [1.807, 2.05) is 26.0 Å². The van der Waals surface area contributed by atoms with E-state index in [1.54, 1.807) is 23.6 Å². The topological polar surface area (TPSA) is 71.1 Å². The zero-order valence-corrected chi connectivity index (χ0v) is 13.0. The van der Waals surface area contributed by atoms with Crippen LogP contribution in [-0.4, -0.2) is 19.9 Å². The number of thiophene rings is 1. The third kappa shape index (κ3) is 3.56. The van der Waals surface area contributed by atoms with Crippen molar-refractivity contribution in [2.45, 2.75) is 25.3 Å². The SMILES string of the molecule is CCNc1ccncc1S(=O)(=O)NCc1ccc(C)s1. The van der Waals surface area contributed by atoms with Gasteiger partial charge in [-0.25, -0.2) is 13.1 Å². The molecule has 0 radical (unpaired) electrons. The molecule has 0 bridgehead atoms. The second-order valence-electron chi connectivity index (χ2n) is 4.24. The Kier molecular flexibility index (Phi) is 4.74. The number of pyridine rings is 1. The maximum Gasteiger partial charge on any atom is 0.244 e. The molecule has 0 aromatic carbocycles. The third-order valence-corrected chi connectivity index (χ3v) is 5.10. The molecule has 20 heavy (non-hydrogen) atoms. The number of sulfonamides is 1. The van der Waals surface area contributed by atoms with Gasteiger partial charge in [0, 0.05) is 35.2 Å². The number of aryl methyl sites for hydroxylation is 1. The Morgan fingerprint density at radius 3 is 2.75 bits per heavy atom. The lowest BCUT2D eigenvalue weighted by molar-refractivity contribution is 0.581. The Hall–Kier alpha value is -1.44. The van der Waals surface area contributed by atoms with Crippen LogP contribution in [0.25, 0.3) is 0 Å². The van der Waals surface area contributed by atoms with E-state index in [4.69, 9.17) is 0 Å². The molecule has 0 aliphatic heterocycles. The van der Waals surface area contributed by atoms with Crippen LogP contribution in [0.2, 0.25) is 0 Å². The van der Waals surface area contributed by atoms with Gasteiger partial charge in [-0.15, -0.1) is 11.3 Å². The van der Waals surface area contributed by atoms with Gasteiger partial charge < -0.3 is 5.32 Å². The van der Waals surface area contributed by atoms with E-state index in [9.17, 15) is 8.42 Å². The lowest BCUT2D eigenvalue weighted by Crippen LogP contribution is -2.24. The van der Waals surface area contributed by atoms with E-state index < -0.39 is 10.0 Å². The Morgan fingerprint density at radius 2 is 2.10 bits per heavy atom. The summed E-state index contributed by atoms with van der Waals surface area (Å²) >= 11 is 1.58. The number of nitrogens with zero attached hydrogens (tertiary/aromatic N) is 1. The van der Waals surface area contributed by atoms with E-state index in [0.717, 1.165) is 9.75 Å². The zero-order valence-electron chi connectivity index (χ0n) is 11.4. The first-order valence-electron chi connectivity index (χ1n) is 6.26. The van der Waals surface area contributed by atoms with Crippen molar-refractivity contribution in [1.82, 2.24) is 9.71 Å². The average molecular weight is 311 g/mol. The fraction of sp³-hybridized carbons (Fsp3) is 0.308. The number of anilines is 1. The smallest absolute Gasteiger partial charge is 0.244 e. The van der Waals surface area contributed by atoms with Crippen LogP contribution in [0.1, 0.15) is 16.7 Å². The minimum atomic E-state index is -3.57. The Balaban J connectivity index is 2.18. The van der Waals surface area contributed by atoms with Crippen LogP contribution in [0.5, 0.6) is 0 Å². The minimum Gasteiger partial charge on any atom is -0.384 e. The minimum absolute atomic E-state index is 0.176. The normalized spacial score (nSPS) is 11.5. The quantitative estimate of drug-likeness (QED) is 0.859. The van der Waals surface area contributed by atoms with Crippen LogP contribution in [-0.2, 0) is 16.6 Å². The molecule has 108 valence electrons. The highest BCUT2D eigenvalue weighted by Crippen LogP contribution is 2.20. The molecule has 0 saturated heterocycles. The molecule has 0 fully saturated rings. The molecule has 2 heterocycles. The molecule has 7 heteroatoms. The molecule has 0 aliphatic rings. The van der Waals surface area contributed by atoms with Crippen LogP contribution in [0.3, 0.4) is 0 Å². The van der Waals surface area contributed by atoms with Crippen LogP contribution in [0, 0.1) is 6.92 Å². The van der Waals surface area contributed by atoms with Crippen molar-refractivity contribution < 1.29 is 8.42 Å². The van der Waals surface area contributed by atoms with Crippen LogP contribution in [0.4, 0.5) is 5.69 Å². The lowest BCUT2D eigenvalue weighted by Gasteiger charge is -2.11. The average Bonchev–Trinajstić information content (AvgIpc) is 2.83. The van der Waals surface area contributed by atoms with Gasteiger partial charge in [-0.2, -0.15) is 0 Å². The molecular formula is C13H17N3O2S2. The highest BCUT2D eigenvalue weighted by Gasteiger charge is 2.18. The van der Waals surface area contributed by atoms with Crippen LogP contribution in [0.15, 0.2) is 35.5 Å². The summed E-state index contributed by atoms with van der Waals surface area (Å²) < 4.78 is 27.2. The molecule has 2 aromatic heterocycles. The molecule has 0 aliphatic carbocycles. The van der Waals surface area contributed by atoms with Gasteiger partial charge in [0.25, 0.3) is 0 Å². The van der Waals surface area contributed by atoms with Crippen molar-refractivity contribution in [1.29, 1.82) is 0 Å². The Bertz CT molecular complexity index is 680. The van der Waals surface area contributed by atoms with Gasteiger partial charge in [0.2, 0.25) is 10.0 Å². The Labute approximate surface area is 123 Å². The first-order valence-corrected chi connectivity index (χ1v) is 8.56. The van der Waals surface area contributed by atoms with Crippen molar-refractivity contribution in [3.05, 3.63) is 40.3 Å². The number of hydrogen-bond acceptors (Lipinski definition) is 5. The van der Waals surface area contributed by atoms with Crippen molar-refractivity contribution >= 4 is 27.0 Å². The van der Waals surface area contributed by atoms with E-state index in [-0.39, 0.29) is 4.90 Å². The zero-order chi connectivity index (χ0) is 14.6. The van der Waals surface area contributed by atoms with Crippen molar-refractivity contribution in [3.63, 3.8) is 0 Å². The molecule has 2 rings (SSSR count). The highest BCUT2D eigenvalue weighted by atomic mass is 32.2. The Morgan fingerprint density at radius 1 is 1.30 bits per heavy atom. The van der Waals surface area contributed by atoms with E-state index in [1.165, 1.54) is 6.20 Å². The maximum atomic E-state index is 12.3. The van der Waals surface area contributed by atoms with Gasteiger partial charge >= 0.3 is 0 Å². The second-order valence-corrected chi connectivity index (χ2v) is 7.35. The van der Waals surface area contributed by atoms with Gasteiger partial charge in [-0.3, -0.25) is 4.98 Å². The second kappa shape index (κ2) is 6.34.